The standard InChI is InChI=1S/C15H16N2O2/c1-11(2)18-7-8-19-15-13(10-16)9-12-5-3-4-6-14(12)17-15/h3-6,9,11H,7-8H2,1-2H3. The van der Waals surface area contributed by atoms with E-state index in [-0.39, 0.29) is 6.10 Å². The highest BCUT2D eigenvalue weighted by Crippen LogP contribution is 2.21. The van der Waals surface area contributed by atoms with Crippen molar-refractivity contribution >= 4 is 10.9 Å². The molecule has 0 bridgehead atoms. The van der Waals surface area contributed by atoms with E-state index in [1.54, 1.807) is 6.07 Å². The van der Waals surface area contributed by atoms with Crippen molar-refractivity contribution in [3.8, 4) is 11.9 Å². The van der Waals surface area contributed by atoms with Gasteiger partial charge < -0.3 is 9.47 Å². The van der Waals surface area contributed by atoms with Crippen LogP contribution >= 0.6 is 0 Å². The maximum atomic E-state index is 9.12. The predicted octanol–water partition coefficient (Wildman–Crippen LogP) is 2.91. The number of pyridine rings is 1. The molecule has 0 N–H and O–H groups in total. The molecule has 2 aromatic rings. The molecule has 0 saturated heterocycles. The fraction of sp³-hybridized carbons (Fsp3) is 0.333. The van der Waals surface area contributed by atoms with Crippen molar-refractivity contribution < 1.29 is 9.47 Å². The van der Waals surface area contributed by atoms with Gasteiger partial charge in [-0.1, -0.05) is 18.2 Å². The van der Waals surface area contributed by atoms with E-state index in [0.717, 1.165) is 10.9 Å². The molecule has 0 atom stereocenters. The van der Waals surface area contributed by atoms with Crippen LogP contribution < -0.4 is 4.74 Å². The quantitative estimate of drug-likeness (QED) is 0.772. The second-order valence-corrected chi connectivity index (χ2v) is 4.41. The molecule has 19 heavy (non-hydrogen) atoms. The monoisotopic (exact) mass is 256 g/mol. The third kappa shape index (κ3) is 3.43. The summed E-state index contributed by atoms with van der Waals surface area (Å²) in [6.07, 6.45) is 0.170. The van der Waals surface area contributed by atoms with Crippen LogP contribution in [-0.2, 0) is 4.74 Å². The number of hydrogen-bond donors (Lipinski definition) is 0. The maximum Gasteiger partial charge on any atom is 0.232 e. The highest BCUT2D eigenvalue weighted by Gasteiger charge is 2.07. The number of rotatable bonds is 5. The summed E-state index contributed by atoms with van der Waals surface area (Å²) >= 11 is 0. The summed E-state index contributed by atoms with van der Waals surface area (Å²) in [4.78, 5) is 4.36. The number of benzene rings is 1. The van der Waals surface area contributed by atoms with Crippen LogP contribution in [0.1, 0.15) is 19.4 Å². The third-order valence-electron chi connectivity index (χ3n) is 2.58. The molecule has 1 aromatic carbocycles. The maximum absolute atomic E-state index is 9.12. The number of hydrogen-bond acceptors (Lipinski definition) is 4. The molecule has 0 fully saturated rings. The van der Waals surface area contributed by atoms with Crippen LogP contribution in [0.2, 0.25) is 0 Å². The van der Waals surface area contributed by atoms with Crippen molar-refractivity contribution in [2.24, 2.45) is 0 Å². The topological polar surface area (TPSA) is 55.1 Å². The van der Waals surface area contributed by atoms with E-state index in [2.05, 4.69) is 11.1 Å². The highest BCUT2D eigenvalue weighted by atomic mass is 16.5. The van der Waals surface area contributed by atoms with Crippen LogP contribution in [0.4, 0.5) is 0 Å². The molecule has 0 aliphatic heterocycles. The molecule has 0 spiro atoms. The molecule has 98 valence electrons. The number of ether oxygens (including phenoxy) is 2. The van der Waals surface area contributed by atoms with Gasteiger partial charge in [0.25, 0.3) is 0 Å². The Balaban J connectivity index is 2.15. The Labute approximate surface area is 112 Å². The van der Waals surface area contributed by atoms with E-state index in [4.69, 9.17) is 14.7 Å². The van der Waals surface area contributed by atoms with Gasteiger partial charge in [-0.2, -0.15) is 5.26 Å². The summed E-state index contributed by atoms with van der Waals surface area (Å²) in [5, 5.41) is 10.1. The Morgan fingerprint density at radius 1 is 1.26 bits per heavy atom. The molecular weight excluding hydrogens is 240 g/mol. The predicted molar refractivity (Wildman–Crippen MR) is 73.0 cm³/mol. The van der Waals surface area contributed by atoms with Gasteiger partial charge in [0.05, 0.1) is 18.2 Å². The molecule has 4 heteroatoms. The van der Waals surface area contributed by atoms with Crippen molar-refractivity contribution in [1.29, 1.82) is 5.26 Å². The van der Waals surface area contributed by atoms with Gasteiger partial charge >= 0.3 is 0 Å². The molecule has 0 amide bonds. The average molecular weight is 256 g/mol. The fourth-order valence-corrected chi connectivity index (χ4v) is 1.71. The minimum Gasteiger partial charge on any atom is -0.474 e. The first-order valence-electron chi connectivity index (χ1n) is 6.25. The van der Waals surface area contributed by atoms with Gasteiger partial charge in [0.1, 0.15) is 18.2 Å². The highest BCUT2D eigenvalue weighted by molar-refractivity contribution is 5.80. The van der Waals surface area contributed by atoms with Crippen molar-refractivity contribution in [3.05, 3.63) is 35.9 Å². The summed E-state index contributed by atoms with van der Waals surface area (Å²) in [6.45, 7) is 4.80. The smallest absolute Gasteiger partial charge is 0.232 e. The van der Waals surface area contributed by atoms with Crippen LogP contribution in [0.3, 0.4) is 0 Å². The van der Waals surface area contributed by atoms with E-state index in [9.17, 15) is 0 Å². The van der Waals surface area contributed by atoms with Crippen LogP contribution in [0.5, 0.6) is 5.88 Å². The van der Waals surface area contributed by atoms with Crippen LogP contribution in [0.15, 0.2) is 30.3 Å². The first-order valence-corrected chi connectivity index (χ1v) is 6.25. The summed E-state index contributed by atoms with van der Waals surface area (Å²) in [5.74, 6) is 0.369. The van der Waals surface area contributed by atoms with E-state index in [1.165, 1.54) is 0 Å². The molecular formula is C15H16N2O2. The van der Waals surface area contributed by atoms with Gasteiger partial charge in [-0.3, -0.25) is 0 Å². The van der Waals surface area contributed by atoms with Crippen LogP contribution in [0, 0.1) is 11.3 Å². The average Bonchev–Trinajstić information content (AvgIpc) is 2.42. The van der Waals surface area contributed by atoms with E-state index >= 15 is 0 Å². The molecule has 2 rings (SSSR count). The lowest BCUT2D eigenvalue weighted by atomic mass is 10.1. The molecule has 0 aliphatic rings. The molecule has 1 heterocycles. The van der Waals surface area contributed by atoms with Crippen molar-refractivity contribution in [2.45, 2.75) is 20.0 Å². The molecule has 0 unspecified atom stereocenters. The SMILES string of the molecule is CC(C)OCCOc1nc2ccccc2cc1C#N. The van der Waals surface area contributed by atoms with Gasteiger partial charge in [-0.15, -0.1) is 0 Å². The minimum atomic E-state index is 0.170. The Kier molecular flexibility index (Phi) is 4.32. The van der Waals surface area contributed by atoms with Gasteiger partial charge in [0.15, 0.2) is 0 Å². The molecule has 0 radical (unpaired) electrons. The largest absolute Gasteiger partial charge is 0.474 e. The molecule has 1 aromatic heterocycles. The lowest BCUT2D eigenvalue weighted by Gasteiger charge is -2.10. The van der Waals surface area contributed by atoms with Crippen molar-refractivity contribution in [1.82, 2.24) is 4.98 Å². The van der Waals surface area contributed by atoms with Gasteiger partial charge in [-0.05, 0) is 26.0 Å². The van der Waals surface area contributed by atoms with Gasteiger partial charge in [0.2, 0.25) is 5.88 Å². The van der Waals surface area contributed by atoms with Crippen molar-refractivity contribution in [2.75, 3.05) is 13.2 Å². The zero-order chi connectivity index (χ0) is 13.7. The first-order chi connectivity index (χ1) is 9.20. The lowest BCUT2D eigenvalue weighted by Crippen LogP contribution is -2.12. The second-order valence-electron chi connectivity index (χ2n) is 4.41. The normalized spacial score (nSPS) is 10.6. The number of nitriles is 1. The zero-order valence-electron chi connectivity index (χ0n) is 11.1. The van der Waals surface area contributed by atoms with E-state index in [0.29, 0.717) is 24.7 Å². The third-order valence-corrected chi connectivity index (χ3v) is 2.58. The minimum absolute atomic E-state index is 0.170. The fourth-order valence-electron chi connectivity index (χ4n) is 1.71. The summed E-state index contributed by atoms with van der Waals surface area (Å²) < 4.78 is 10.9. The summed E-state index contributed by atoms with van der Waals surface area (Å²) in [6, 6.07) is 11.6. The number of aromatic nitrogens is 1. The number of fused-ring (bicyclic) bond motifs is 1. The summed E-state index contributed by atoms with van der Waals surface area (Å²) in [5.41, 5.74) is 1.27. The van der Waals surface area contributed by atoms with E-state index in [1.807, 2.05) is 38.1 Å². The van der Waals surface area contributed by atoms with Crippen molar-refractivity contribution in [3.63, 3.8) is 0 Å². The zero-order valence-corrected chi connectivity index (χ0v) is 11.1. The Morgan fingerprint density at radius 3 is 2.79 bits per heavy atom. The first kappa shape index (κ1) is 13.3. The summed E-state index contributed by atoms with van der Waals surface area (Å²) in [7, 11) is 0. The number of para-hydroxylation sites is 1. The lowest BCUT2D eigenvalue weighted by molar-refractivity contribution is 0.0542. The van der Waals surface area contributed by atoms with E-state index < -0.39 is 0 Å². The van der Waals surface area contributed by atoms with Crippen LogP contribution in [0.25, 0.3) is 10.9 Å². The Morgan fingerprint density at radius 2 is 2.05 bits per heavy atom. The molecule has 0 aliphatic carbocycles. The van der Waals surface area contributed by atoms with Gasteiger partial charge in [-0.25, -0.2) is 4.98 Å². The second kappa shape index (κ2) is 6.17. The van der Waals surface area contributed by atoms with Gasteiger partial charge in [0, 0.05) is 5.39 Å². The Hall–Kier alpha value is -2.12. The Bertz CT molecular complexity index is 603. The molecule has 0 saturated carbocycles. The number of nitrogens with zero attached hydrogens (tertiary/aromatic N) is 2. The van der Waals surface area contributed by atoms with Crippen LogP contribution in [-0.4, -0.2) is 24.3 Å². The molecule has 4 nitrogen and oxygen atoms in total.